The summed E-state index contributed by atoms with van der Waals surface area (Å²) < 4.78 is 25.3. The molecule has 3 aromatic carbocycles. The Kier molecular flexibility index (Phi) is 7.75. The molecule has 6 nitrogen and oxygen atoms in total. The van der Waals surface area contributed by atoms with E-state index in [2.05, 4.69) is 15.4 Å². The molecule has 0 atom stereocenters. The number of anilines is 1. The molecule has 0 radical (unpaired) electrons. The Morgan fingerprint density at radius 2 is 1.79 bits per heavy atom. The maximum atomic E-state index is 13.9. The Morgan fingerprint density at radius 1 is 1.03 bits per heavy atom. The van der Waals surface area contributed by atoms with E-state index in [0.29, 0.717) is 29.2 Å². The quantitative estimate of drug-likeness (QED) is 0.353. The van der Waals surface area contributed by atoms with Crippen LogP contribution >= 0.6 is 0 Å². The first-order valence-electron chi connectivity index (χ1n) is 11.5. The fourth-order valence-electron chi connectivity index (χ4n) is 3.79. The van der Waals surface area contributed by atoms with Crippen molar-refractivity contribution >= 4 is 17.8 Å². The van der Waals surface area contributed by atoms with Crippen molar-refractivity contribution < 1.29 is 18.7 Å². The highest BCUT2D eigenvalue weighted by Crippen LogP contribution is 2.29. The number of rotatable bonds is 9. The summed E-state index contributed by atoms with van der Waals surface area (Å²) in [6.07, 6.45) is 3.96. The summed E-state index contributed by atoms with van der Waals surface area (Å²) in [5, 5.41) is 4.07. The summed E-state index contributed by atoms with van der Waals surface area (Å²) in [5.74, 6) is 0.431. The predicted octanol–water partition coefficient (Wildman–Crippen LogP) is 5.17. The molecule has 1 aliphatic rings. The van der Waals surface area contributed by atoms with Gasteiger partial charge in [0.05, 0.1) is 12.8 Å². The van der Waals surface area contributed by atoms with E-state index in [9.17, 15) is 9.18 Å². The zero-order chi connectivity index (χ0) is 23.8. The third-order valence-corrected chi connectivity index (χ3v) is 5.59. The molecule has 1 saturated heterocycles. The molecule has 0 unspecified atom stereocenters. The van der Waals surface area contributed by atoms with Crippen LogP contribution in [0.5, 0.6) is 11.5 Å². The summed E-state index contributed by atoms with van der Waals surface area (Å²) >= 11 is 0. The minimum Gasteiger partial charge on any atom is -0.490 e. The number of carbonyl (C=O) groups excluding carboxylic acids is 1. The number of ether oxygens (including phenoxy) is 2. The van der Waals surface area contributed by atoms with Gasteiger partial charge in [-0.3, -0.25) is 4.79 Å². The molecular formula is C27H28FN3O3. The maximum absolute atomic E-state index is 13.9. The van der Waals surface area contributed by atoms with Crippen molar-refractivity contribution in [1.29, 1.82) is 0 Å². The first-order valence-corrected chi connectivity index (χ1v) is 11.5. The van der Waals surface area contributed by atoms with Gasteiger partial charge in [-0.1, -0.05) is 18.2 Å². The largest absolute Gasteiger partial charge is 0.490 e. The Hall–Kier alpha value is -3.87. The molecule has 34 heavy (non-hydrogen) atoms. The summed E-state index contributed by atoms with van der Waals surface area (Å²) in [4.78, 5) is 14.7. The van der Waals surface area contributed by atoms with Crippen LogP contribution < -0.4 is 19.8 Å². The summed E-state index contributed by atoms with van der Waals surface area (Å²) in [5.41, 5.74) is 5.44. The lowest BCUT2D eigenvalue weighted by Gasteiger charge is -2.17. The van der Waals surface area contributed by atoms with Gasteiger partial charge in [-0.25, -0.2) is 9.82 Å². The molecule has 3 aromatic rings. The van der Waals surface area contributed by atoms with Crippen molar-refractivity contribution in [3.05, 3.63) is 89.2 Å². The van der Waals surface area contributed by atoms with Crippen molar-refractivity contribution in [2.45, 2.75) is 26.4 Å². The predicted molar refractivity (Wildman–Crippen MR) is 131 cm³/mol. The number of hydrazone groups is 1. The lowest BCUT2D eigenvalue weighted by Crippen LogP contribution is -2.19. The van der Waals surface area contributed by atoms with Gasteiger partial charge < -0.3 is 14.4 Å². The van der Waals surface area contributed by atoms with Gasteiger partial charge in [0.2, 0.25) is 0 Å². The van der Waals surface area contributed by atoms with Gasteiger partial charge in [-0.05, 0) is 73.9 Å². The van der Waals surface area contributed by atoms with Crippen molar-refractivity contribution in [3.63, 3.8) is 0 Å². The first kappa shape index (κ1) is 23.3. The topological polar surface area (TPSA) is 63.2 Å². The van der Waals surface area contributed by atoms with Crippen LogP contribution in [-0.4, -0.2) is 31.8 Å². The monoisotopic (exact) mass is 461 g/mol. The van der Waals surface area contributed by atoms with E-state index in [1.54, 1.807) is 42.6 Å². The number of nitrogens with one attached hydrogen (secondary N) is 1. The van der Waals surface area contributed by atoms with E-state index in [0.717, 1.165) is 24.3 Å². The lowest BCUT2D eigenvalue weighted by molar-refractivity contribution is 0.0955. The Bertz CT molecular complexity index is 1140. The smallest absolute Gasteiger partial charge is 0.271 e. The number of halogens is 1. The number of carbonyl (C=O) groups is 1. The Balaban J connectivity index is 1.36. The molecule has 0 bridgehead atoms. The van der Waals surface area contributed by atoms with Crippen LogP contribution in [0.1, 0.15) is 41.3 Å². The van der Waals surface area contributed by atoms with Crippen molar-refractivity contribution in [1.82, 2.24) is 5.43 Å². The fraction of sp³-hybridized carbons (Fsp3) is 0.259. The maximum Gasteiger partial charge on any atom is 0.271 e. The first-order chi connectivity index (χ1) is 16.6. The van der Waals surface area contributed by atoms with E-state index in [-0.39, 0.29) is 18.3 Å². The summed E-state index contributed by atoms with van der Waals surface area (Å²) in [7, 11) is 0. The van der Waals surface area contributed by atoms with E-state index < -0.39 is 0 Å². The van der Waals surface area contributed by atoms with Gasteiger partial charge in [0.25, 0.3) is 5.91 Å². The molecule has 1 heterocycles. The number of amides is 1. The molecule has 1 N–H and O–H groups in total. The van der Waals surface area contributed by atoms with Crippen LogP contribution in [0.4, 0.5) is 10.1 Å². The lowest BCUT2D eigenvalue weighted by atomic mass is 10.2. The minimum atomic E-state index is -0.314. The molecule has 4 rings (SSSR count). The third-order valence-electron chi connectivity index (χ3n) is 5.59. The van der Waals surface area contributed by atoms with Crippen LogP contribution in [0.25, 0.3) is 0 Å². The van der Waals surface area contributed by atoms with Crippen LogP contribution in [0.3, 0.4) is 0 Å². The van der Waals surface area contributed by atoms with Gasteiger partial charge >= 0.3 is 0 Å². The van der Waals surface area contributed by atoms with Gasteiger partial charge in [0.15, 0.2) is 11.5 Å². The summed E-state index contributed by atoms with van der Waals surface area (Å²) in [6, 6.07) is 19.4. The van der Waals surface area contributed by atoms with E-state index in [4.69, 9.17) is 9.47 Å². The fourth-order valence-corrected chi connectivity index (χ4v) is 3.79. The minimum absolute atomic E-state index is 0.0901. The van der Waals surface area contributed by atoms with Crippen LogP contribution in [-0.2, 0) is 6.61 Å². The van der Waals surface area contributed by atoms with Crippen molar-refractivity contribution in [3.8, 4) is 11.5 Å². The van der Waals surface area contributed by atoms with Gasteiger partial charge in [0.1, 0.15) is 12.4 Å². The van der Waals surface area contributed by atoms with Gasteiger partial charge in [-0.2, -0.15) is 5.10 Å². The van der Waals surface area contributed by atoms with Crippen LogP contribution in [0, 0.1) is 5.82 Å². The molecule has 1 aliphatic heterocycles. The highest BCUT2D eigenvalue weighted by atomic mass is 19.1. The molecule has 1 amide bonds. The average Bonchev–Trinajstić information content (AvgIpc) is 3.40. The molecule has 0 spiro atoms. The highest BCUT2D eigenvalue weighted by Gasteiger charge is 2.13. The molecular weight excluding hydrogens is 433 g/mol. The van der Waals surface area contributed by atoms with E-state index in [1.807, 2.05) is 31.2 Å². The second kappa shape index (κ2) is 11.3. The van der Waals surface area contributed by atoms with E-state index in [1.165, 1.54) is 18.9 Å². The SMILES string of the molecule is CCOc1cc(/C=N\NC(=O)c2ccc(N3CCCC3)cc2)ccc1OCc1ccccc1F. The number of hydrogen-bond acceptors (Lipinski definition) is 5. The zero-order valence-electron chi connectivity index (χ0n) is 19.2. The van der Waals surface area contributed by atoms with E-state index >= 15 is 0 Å². The van der Waals surface area contributed by atoms with Crippen LogP contribution in [0.2, 0.25) is 0 Å². The number of hydrogen-bond donors (Lipinski definition) is 1. The Labute approximate surface area is 199 Å². The zero-order valence-corrected chi connectivity index (χ0v) is 19.2. The van der Waals surface area contributed by atoms with Crippen molar-refractivity contribution in [2.24, 2.45) is 5.10 Å². The van der Waals surface area contributed by atoms with Crippen LogP contribution in [0.15, 0.2) is 71.8 Å². The number of benzene rings is 3. The van der Waals surface area contributed by atoms with Gasteiger partial charge in [-0.15, -0.1) is 0 Å². The normalized spacial score (nSPS) is 13.3. The average molecular weight is 462 g/mol. The second-order valence-electron chi connectivity index (χ2n) is 7.96. The second-order valence-corrected chi connectivity index (χ2v) is 7.96. The molecule has 0 aromatic heterocycles. The molecule has 1 fully saturated rings. The highest BCUT2D eigenvalue weighted by molar-refractivity contribution is 5.95. The molecule has 0 saturated carbocycles. The molecule has 176 valence electrons. The summed E-state index contributed by atoms with van der Waals surface area (Å²) in [6.45, 7) is 4.53. The Morgan fingerprint density at radius 3 is 2.53 bits per heavy atom. The molecule has 7 heteroatoms. The van der Waals surface area contributed by atoms with Gasteiger partial charge in [0, 0.05) is 29.9 Å². The third kappa shape index (κ3) is 5.92. The molecule has 0 aliphatic carbocycles. The van der Waals surface area contributed by atoms with Crippen molar-refractivity contribution in [2.75, 3.05) is 24.6 Å². The number of nitrogens with zero attached hydrogens (tertiary/aromatic N) is 2. The standard InChI is InChI=1S/C27H28FN3O3/c1-2-33-26-17-20(9-14-25(26)34-19-22-7-3-4-8-24(22)28)18-29-30-27(32)21-10-12-23(13-11-21)31-15-5-6-16-31/h3-4,7-14,17-18H,2,5-6,15-16,19H2,1H3,(H,30,32)/b29-18-.